The lowest BCUT2D eigenvalue weighted by Crippen LogP contribution is -2.41. The predicted octanol–water partition coefficient (Wildman–Crippen LogP) is 4.61. The molecule has 0 radical (unpaired) electrons. The Morgan fingerprint density at radius 2 is 1.79 bits per heavy atom. The van der Waals surface area contributed by atoms with Gasteiger partial charge in [-0.05, 0) is 61.0 Å². The van der Waals surface area contributed by atoms with Gasteiger partial charge in [-0.25, -0.2) is 0 Å². The predicted molar refractivity (Wildman–Crippen MR) is 126 cm³/mol. The van der Waals surface area contributed by atoms with Crippen LogP contribution in [-0.4, -0.2) is 41.2 Å². The Morgan fingerprint density at radius 1 is 1.03 bits per heavy atom. The fourth-order valence-corrected chi connectivity index (χ4v) is 4.18. The highest BCUT2D eigenvalue weighted by molar-refractivity contribution is 6.18. The number of carbonyl (C=O) groups excluding carboxylic acids is 1. The lowest BCUT2D eigenvalue weighted by atomic mass is 9.75. The van der Waals surface area contributed by atoms with Gasteiger partial charge in [0.05, 0.1) is 0 Å². The smallest absolute Gasteiger partial charge is 0.321 e. The van der Waals surface area contributed by atoms with Crippen molar-refractivity contribution in [1.29, 1.82) is 0 Å². The molecule has 2 N–H and O–H groups in total. The molecule has 7 nitrogen and oxygen atoms in total. The number of nitrogens with one attached hydrogen (secondary N) is 1. The van der Waals surface area contributed by atoms with Gasteiger partial charge in [-0.3, -0.25) is 9.59 Å². The van der Waals surface area contributed by atoms with Gasteiger partial charge >= 0.3 is 5.97 Å². The molecule has 0 fully saturated rings. The summed E-state index contributed by atoms with van der Waals surface area (Å²) in [6, 6.07) is 21.0. The number of rotatable bonds is 7. The number of fused-ring (bicyclic) bond motifs is 2. The molecule has 3 aromatic carbocycles. The quantitative estimate of drug-likeness (QED) is 0.311. The molecule has 1 aliphatic rings. The van der Waals surface area contributed by atoms with Gasteiger partial charge in [-0.1, -0.05) is 24.3 Å². The number of para-hydroxylation sites is 2. The number of ketones is 1. The minimum absolute atomic E-state index is 0.268. The third kappa shape index (κ3) is 3.75. The molecule has 2 atom stereocenters. The topological polar surface area (TPSA) is 97.8 Å². The Kier molecular flexibility index (Phi) is 5.45. The number of aromatic amines is 1. The Bertz CT molecular complexity index is 1360. The molecular weight excluding hydrogens is 434 g/mol. The maximum Gasteiger partial charge on any atom is 0.321 e. The standard InChI is InChI=1S/C27H23NO6/c1-27(26(30)31,21-5-4-6-22-20(21)13-14-28-22)25(29)17-9-11-18(12-10-17)32-15-19-16-33-23-7-2-3-8-24(23)34-19/h2-14,19,28H,15-16H2,1H3,(H,30,31)/t19-,27?/m0/s1. The number of carboxylic acids is 1. The van der Waals surface area contributed by atoms with Gasteiger partial charge in [0.25, 0.3) is 0 Å². The molecule has 0 amide bonds. The van der Waals surface area contributed by atoms with E-state index in [-0.39, 0.29) is 18.3 Å². The molecule has 7 heteroatoms. The van der Waals surface area contributed by atoms with Gasteiger partial charge < -0.3 is 24.3 Å². The molecule has 0 bridgehead atoms. The molecule has 0 saturated heterocycles. The molecular formula is C27H23NO6. The van der Waals surface area contributed by atoms with E-state index in [9.17, 15) is 14.7 Å². The van der Waals surface area contributed by atoms with Crippen molar-refractivity contribution in [3.05, 3.63) is 90.1 Å². The monoisotopic (exact) mass is 457 g/mol. The van der Waals surface area contributed by atoms with Gasteiger partial charge in [0.1, 0.15) is 19.0 Å². The van der Waals surface area contributed by atoms with Crippen molar-refractivity contribution in [3.63, 3.8) is 0 Å². The number of carbonyl (C=O) groups is 2. The Hall–Kier alpha value is -4.26. The van der Waals surface area contributed by atoms with E-state index in [1.54, 1.807) is 48.7 Å². The summed E-state index contributed by atoms with van der Waals surface area (Å²) in [5, 5.41) is 10.8. The molecule has 0 aliphatic carbocycles. The third-order valence-corrected chi connectivity index (χ3v) is 6.14. The van der Waals surface area contributed by atoms with Gasteiger partial charge in [-0.2, -0.15) is 0 Å². The Labute approximate surface area is 195 Å². The maximum atomic E-state index is 13.4. The van der Waals surface area contributed by atoms with E-state index >= 15 is 0 Å². The zero-order valence-electron chi connectivity index (χ0n) is 18.5. The minimum atomic E-state index is -1.75. The van der Waals surface area contributed by atoms with Crippen LogP contribution in [0.4, 0.5) is 0 Å². The summed E-state index contributed by atoms with van der Waals surface area (Å²) in [5.74, 6) is 0.220. The fraction of sp³-hybridized carbons (Fsp3) is 0.185. The molecule has 5 rings (SSSR count). The number of aliphatic carboxylic acids is 1. The van der Waals surface area contributed by atoms with Crippen LogP contribution in [0.25, 0.3) is 10.9 Å². The highest BCUT2D eigenvalue weighted by atomic mass is 16.6. The molecule has 0 saturated carbocycles. The van der Waals surface area contributed by atoms with Crippen LogP contribution in [0.5, 0.6) is 17.2 Å². The zero-order chi connectivity index (χ0) is 23.7. The average Bonchev–Trinajstić information content (AvgIpc) is 3.36. The average molecular weight is 457 g/mol. The summed E-state index contributed by atoms with van der Waals surface area (Å²) in [4.78, 5) is 28.9. The second-order valence-electron chi connectivity index (χ2n) is 8.34. The number of Topliss-reactive ketones (excluding diaryl/α,β-unsaturated/α-hetero) is 1. The van der Waals surface area contributed by atoms with Crippen molar-refractivity contribution in [2.45, 2.75) is 18.4 Å². The Balaban J connectivity index is 1.32. The van der Waals surface area contributed by atoms with E-state index in [1.165, 1.54) is 6.92 Å². The van der Waals surface area contributed by atoms with Crippen LogP contribution < -0.4 is 14.2 Å². The summed E-state index contributed by atoms with van der Waals surface area (Å²) >= 11 is 0. The number of carboxylic acid groups (broad SMARTS) is 1. The number of aromatic nitrogens is 1. The summed E-state index contributed by atoms with van der Waals surface area (Å²) < 4.78 is 17.4. The first kappa shape index (κ1) is 21.6. The van der Waals surface area contributed by atoms with E-state index in [1.807, 2.05) is 30.3 Å². The molecule has 0 spiro atoms. The summed E-state index contributed by atoms with van der Waals surface area (Å²) in [7, 11) is 0. The molecule has 4 aromatic rings. The molecule has 2 heterocycles. The molecule has 34 heavy (non-hydrogen) atoms. The highest BCUT2D eigenvalue weighted by Gasteiger charge is 2.44. The lowest BCUT2D eigenvalue weighted by Gasteiger charge is -2.26. The number of hydrogen-bond acceptors (Lipinski definition) is 5. The third-order valence-electron chi connectivity index (χ3n) is 6.14. The first-order valence-electron chi connectivity index (χ1n) is 10.9. The van der Waals surface area contributed by atoms with Crippen LogP contribution in [-0.2, 0) is 10.2 Å². The summed E-state index contributed by atoms with van der Waals surface area (Å²) in [5.41, 5.74) is -0.238. The van der Waals surface area contributed by atoms with Crippen molar-refractivity contribution >= 4 is 22.7 Å². The molecule has 1 unspecified atom stereocenters. The van der Waals surface area contributed by atoms with Crippen molar-refractivity contribution in [2.24, 2.45) is 0 Å². The van der Waals surface area contributed by atoms with E-state index in [0.29, 0.717) is 34.8 Å². The minimum Gasteiger partial charge on any atom is -0.490 e. The highest BCUT2D eigenvalue weighted by Crippen LogP contribution is 2.35. The summed E-state index contributed by atoms with van der Waals surface area (Å²) in [6.45, 7) is 2.08. The molecule has 172 valence electrons. The SMILES string of the molecule is CC(C(=O)O)(C(=O)c1ccc(OC[C@H]2COc3ccccc3O2)cc1)c1cccc2[nH]ccc12. The van der Waals surface area contributed by atoms with E-state index < -0.39 is 17.2 Å². The van der Waals surface area contributed by atoms with Crippen molar-refractivity contribution in [1.82, 2.24) is 4.98 Å². The second-order valence-corrected chi connectivity index (χ2v) is 8.34. The van der Waals surface area contributed by atoms with Gasteiger partial charge in [0.2, 0.25) is 0 Å². The van der Waals surface area contributed by atoms with Crippen molar-refractivity contribution in [2.75, 3.05) is 13.2 Å². The van der Waals surface area contributed by atoms with E-state index in [0.717, 1.165) is 5.52 Å². The zero-order valence-corrected chi connectivity index (χ0v) is 18.5. The molecule has 1 aromatic heterocycles. The van der Waals surface area contributed by atoms with Crippen molar-refractivity contribution in [3.8, 4) is 17.2 Å². The first-order valence-corrected chi connectivity index (χ1v) is 10.9. The van der Waals surface area contributed by atoms with Crippen LogP contribution in [0, 0.1) is 0 Å². The van der Waals surface area contributed by atoms with Gasteiger partial charge in [-0.15, -0.1) is 0 Å². The number of hydrogen-bond donors (Lipinski definition) is 2. The van der Waals surface area contributed by atoms with Crippen LogP contribution in [0.15, 0.2) is 79.0 Å². The van der Waals surface area contributed by atoms with Crippen LogP contribution in [0.1, 0.15) is 22.8 Å². The van der Waals surface area contributed by atoms with Crippen molar-refractivity contribution < 1.29 is 28.9 Å². The van der Waals surface area contributed by atoms with E-state index in [4.69, 9.17) is 14.2 Å². The normalized spacial score (nSPS) is 16.6. The largest absolute Gasteiger partial charge is 0.490 e. The number of benzene rings is 3. The Morgan fingerprint density at radius 3 is 2.56 bits per heavy atom. The fourth-order valence-electron chi connectivity index (χ4n) is 4.18. The van der Waals surface area contributed by atoms with Crippen LogP contribution >= 0.6 is 0 Å². The second kappa shape index (κ2) is 8.59. The maximum absolute atomic E-state index is 13.4. The van der Waals surface area contributed by atoms with Gasteiger partial charge in [0.15, 0.2) is 28.8 Å². The van der Waals surface area contributed by atoms with E-state index in [2.05, 4.69) is 4.98 Å². The van der Waals surface area contributed by atoms with Crippen LogP contribution in [0.3, 0.4) is 0 Å². The molecule has 1 aliphatic heterocycles. The van der Waals surface area contributed by atoms with Gasteiger partial charge in [0, 0.05) is 22.7 Å². The number of ether oxygens (including phenoxy) is 3. The first-order chi connectivity index (χ1) is 16.5. The van der Waals surface area contributed by atoms with Crippen LogP contribution in [0.2, 0.25) is 0 Å². The lowest BCUT2D eigenvalue weighted by molar-refractivity contribution is -0.141. The number of H-pyrrole nitrogens is 1. The summed E-state index contributed by atoms with van der Waals surface area (Å²) in [6.07, 6.45) is 1.46.